The SMILES string of the molecule is COc1cc2nc(CSCCN=C(C)C3=C(O)[C@@]4(Oc5c(Cl)c(OC)cc(OC)c5C4=O)[C@H](C)CC3=O)[nH]c(=O)c2cc1OC. The lowest BCUT2D eigenvalue weighted by molar-refractivity contribution is -0.118. The Morgan fingerprint density at radius 2 is 1.76 bits per heavy atom. The Balaban J connectivity index is 1.35. The van der Waals surface area contributed by atoms with Gasteiger partial charge in [-0.05, 0) is 13.0 Å². The summed E-state index contributed by atoms with van der Waals surface area (Å²) >= 11 is 7.97. The minimum Gasteiger partial charge on any atom is -0.507 e. The van der Waals surface area contributed by atoms with Gasteiger partial charge in [-0.3, -0.25) is 19.4 Å². The molecule has 238 valence electrons. The summed E-state index contributed by atoms with van der Waals surface area (Å²) in [5.74, 6) is 0.587. The van der Waals surface area contributed by atoms with Crippen LogP contribution in [-0.4, -0.2) is 78.7 Å². The Kier molecular flexibility index (Phi) is 9.04. The maximum atomic E-state index is 13.9. The van der Waals surface area contributed by atoms with E-state index in [1.807, 2.05) is 0 Å². The molecule has 1 aliphatic carbocycles. The first-order chi connectivity index (χ1) is 21.5. The summed E-state index contributed by atoms with van der Waals surface area (Å²) in [5, 5.41) is 12.0. The number of Topliss-reactive ketones (excluding diaryl/α,β-unsaturated/α-hetero) is 2. The van der Waals surface area contributed by atoms with Gasteiger partial charge in [0.25, 0.3) is 5.56 Å². The molecule has 2 atom stereocenters. The van der Waals surface area contributed by atoms with Gasteiger partial charge in [0.2, 0.25) is 11.4 Å². The summed E-state index contributed by atoms with van der Waals surface area (Å²) in [4.78, 5) is 51.6. The maximum absolute atomic E-state index is 13.9. The van der Waals surface area contributed by atoms with Crippen molar-refractivity contribution in [3.8, 4) is 28.7 Å². The molecule has 2 aliphatic rings. The number of ether oxygens (including phenoxy) is 5. The third-order valence-corrected chi connectivity index (χ3v) is 9.22. The van der Waals surface area contributed by atoms with E-state index in [-0.39, 0.29) is 63.4 Å². The van der Waals surface area contributed by atoms with Crippen LogP contribution in [0.25, 0.3) is 10.9 Å². The number of nitrogens with one attached hydrogen (secondary N) is 1. The summed E-state index contributed by atoms with van der Waals surface area (Å²) < 4.78 is 27.5. The van der Waals surface area contributed by atoms with Gasteiger partial charge in [0.15, 0.2) is 28.8 Å². The molecule has 5 rings (SSSR count). The Bertz CT molecular complexity index is 1840. The summed E-state index contributed by atoms with van der Waals surface area (Å²) in [7, 11) is 5.82. The number of fused-ring (bicyclic) bond motifs is 2. The van der Waals surface area contributed by atoms with E-state index in [1.165, 1.54) is 46.3 Å². The number of ketones is 2. The topological polar surface area (TPSA) is 159 Å². The molecule has 1 spiro atoms. The average Bonchev–Trinajstić information content (AvgIpc) is 3.34. The number of aliphatic imine (C=N–C) groups is 1. The number of H-pyrrole nitrogens is 1. The first kappa shape index (κ1) is 32.2. The Hall–Kier alpha value is -4.23. The van der Waals surface area contributed by atoms with Gasteiger partial charge < -0.3 is 33.8 Å². The number of hydrogen-bond acceptors (Lipinski definition) is 12. The molecule has 0 saturated heterocycles. The Morgan fingerprint density at radius 1 is 1.09 bits per heavy atom. The minimum absolute atomic E-state index is 0.0221. The summed E-state index contributed by atoms with van der Waals surface area (Å²) in [6.45, 7) is 3.55. The summed E-state index contributed by atoms with van der Waals surface area (Å²) in [6.07, 6.45) is -0.0601. The maximum Gasteiger partial charge on any atom is 0.258 e. The van der Waals surface area contributed by atoms with Crippen LogP contribution in [-0.2, 0) is 10.5 Å². The molecule has 0 bridgehead atoms. The van der Waals surface area contributed by atoms with Crippen LogP contribution in [0.2, 0.25) is 5.02 Å². The molecule has 3 aromatic rings. The Labute approximate surface area is 267 Å². The van der Waals surface area contributed by atoms with Gasteiger partial charge in [-0.2, -0.15) is 11.8 Å². The van der Waals surface area contributed by atoms with Crippen molar-refractivity contribution in [2.45, 2.75) is 31.6 Å². The molecule has 0 saturated carbocycles. The lowest BCUT2D eigenvalue weighted by atomic mass is 9.72. The number of allylic oxidation sites excluding steroid dienone is 1. The molecule has 2 heterocycles. The zero-order valence-electron chi connectivity index (χ0n) is 25.5. The molecule has 14 heteroatoms. The van der Waals surface area contributed by atoms with Crippen LogP contribution in [0.1, 0.15) is 36.5 Å². The normalized spacial score (nSPS) is 19.6. The van der Waals surface area contributed by atoms with Crippen LogP contribution in [0.15, 0.2) is 39.3 Å². The number of aromatic nitrogens is 2. The molecule has 0 unspecified atom stereocenters. The second-order valence-electron chi connectivity index (χ2n) is 10.5. The van der Waals surface area contributed by atoms with Gasteiger partial charge >= 0.3 is 0 Å². The number of carbonyl (C=O) groups excluding carboxylic acids is 2. The molecular formula is C31H32ClN3O9S. The molecule has 45 heavy (non-hydrogen) atoms. The molecule has 12 nitrogen and oxygen atoms in total. The number of carbonyl (C=O) groups is 2. The van der Waals surface area contributed by atoms with Gasteiger partial charge in [0.1, 0.15) is 27.9 Å². The van der Waals surface area contributed by atoms with Crippen LogP contribution >= 0.6 is 23.4 Å². The van der Waals surface area contributed by atoms with Crippen molar-refractivity contribution in [2.75, 3.05) is 40.7 Å². The third kappa shape index (κ3) is 5.37. The number of aliphatic hydroxyl groups is 1. The highest BCUT2D eigenvalue weighted by Gasteiger charge is 2.61. The predicted molar refractivity (Wildman–Crippen MR) is 170 cm³/mol. The van der Waals surface area contributed by atoms with Crippen molar-refractivity contribution >= 4 is 51.5 Å². The zero-order chi connectivity index (χ0) is 32.6. The highest BCUT2D eigenvalue weighted by molar-refractivity contribution is 7.98. The van der Waals surface area contributed by atoms with Gasteiger partial charge in [0, 0.05) is 42.5 Å². The van der Waals surface area contributed by atoms with Crippen molar-refractivity contribution < 1.29 is 38.4 Å². The second-order valence-corrected chi connectivity index (χ2v) is 12.0. The van der Waals surface area contributed by atoms with E-state index in [4.69, 9.17) is 35.3 Å². The average molecular weight is 658 g/mol. The minimum atomic E-state index is -1.87. The van der Waals surface area contributed by atoms with Crippen LogP contribution in [0.3, 0.4) is 0 Å². The van der Waals surface area contributed by atoms with Gasteiger partial charge in [-0.15, -0.1) is 0 Å². The molecule has 0 radical (unpaired) electrons. The molecular weight excluding hydrogens is 626 g/mol. The number of thioether (sulfide) groups is 1. The van der Waals surface area contributed by atoms with Gasteiger partial charge in [-0.25, -0.2) is 4.98 Å². The standard InChI is InChI=1S/C31H32ClN3O9S/c1-14-9-18(36)24(28(37)31(14)29(38)25-21(42-5)12-22(43-6)26(32)27(25)44-31)15(2)33-7-8-45-13-23-34-17-11-20(41-4)19(40-3)10-16(17)30(39)35-23/h10-12,14,37H,7-9,13H2,1-6H3,(H,34,35,39)/t14-,31+/m1/s1. The van der Waals surface area contributed by atoms with Gasteiger partial charge in [0.05, 0.1) is 50.7 Å². The molecule has 1 aromatic heterocycles. The number of rotatable bonds is 10. The molecule has 2 aromatic carbocycles. The molecule has 2 N–H and O–H groups in total. The highest BCUT2D eigenvalue weighted by atomic mass is 35.5. The second kappa shape index (κ2) is 12.6. The first-order valence-corrected chi connectivity index (χ1v) is 15.4. The van der Waals surface area contributed by atoms with E-state index in [0.29, 0.717) is 39.7 Å². The fraction of sp³-hybridized carbons (Fsp3) is 0.387. The lowest BCUT2D eigenvalue weighted by Gasteiger charge is -2.37. The third-order valence-electron chi connectivity index (χ3n) is 7.92. The van der Waals surface area contributed by atoms with E-state index >= 15 is 0 Å². The van der Waals surface area contributed by atoms with Crippen LogP contribution < -0.4 is 29.2 Å². The van der Waals surface area contributed by atoms with Crippen LogP contribution in [0.5, 0.6) is 28.7 Å². The van der Waals surface area contributed by atoms with Crippen molar-refractivity contribution in [1.82, 2.24) is 9.97 Å². The predicted octanol–water partition coefficient (Wildman–Crippen LogP) is 4.74. The number of halogens is 1. The fourth-order valence-corrected chi connectivity index (χ4v) is 6.60. The fourth-order valence-electron chi connectivity index (χ4n) is 5.64. The van der Waals surface area contributed by atoms with E-state index in [0.717, 1.165) is 0 Å². The van der Waals surface area contributed by atoms with Crippen molar-refractivity contribution in [3.05, 3.63) is 56.3 Å². The number of aliphatic hydroxyl groups excluding tert-OH is 1. The molecule has 0 amide bonds. The van der Waals surface area contributed by atoms with Crippen molar-refractivity contribution in [2.24, 2.45) is 10.9 Å². The lowest BCUT2D eigenvalue weighted by Crippen LogP contribution is -2.53. The molecule has 1 aliphatic heterocycles. The van der Waals surface area contributed by atoms with E-state index in [2.05, 4.69) is 15.0 Å². The number of benzene rings is 2. The van der Waals surface area contributed by atoms with E-state index < -0.39 is 23.1 Å². The Morgan fingerprint density at radius 3 is 2.42 bits per heavy atom. The van der Waals surface area contributed by atoms with Gasteiger partial charge in [-0.1, -0.05) is 18.5 Å². The largest absolute Gasteiger partial charge is 0.507 e. The molecule has 0 fully saturated rings. The number of methoxy groups -OCH3 is 4. The summed E-state index contributed by atoms with van der Waals surface area (Å²) in [5.41, 5.74) is -1.42. The highest BCUT2D eigenvalue weighted by Crippen LogP contribution is 2.54. The van der Waals surface area contributed by atoms with Crippen molar-refractivity contribution in [3.63, 3.8) is 0 Å². The zero-order valence-corrected chi connectivity index (χ0v) is 27.1. The quantitative estimate of drug-likeness (QED) is 0.229. The van der Waals surface area contributed by atoms with Crippen molar-refractivity contribution in [1.29, 1.82) is 0 Å². The smallest absolute Gasteiger partial charge is 0.258 e. The monoisotopic (exact) mass is 657 g/mol. The number of aromatic amines is 1. The summed E-state index contributed by atoms with van der Waals surface area (Å²) in [6, 6.07) is 4.71. The van der Waals surface area contributed by atoms with Crippen LogP contribution in [0.4, 0.5) is 0 Å². The first-order valence-electron chi connectivity index (χ1n) is 13.9. The number of hydrogen-bond donors (Lipinski definition) is 2. The van der Waals surface area contributed by atoms with E-state index in [9.17, 15) is 19.5 Å². The van der Waals surface area contributed by atoms with E-state index in [1.54, 1.807) is 26.0 Å². The number of nitrogens with zero attached hydrogens (tertiary/aromatic N) is 2. The van der Waals surface area contributed by atoms with Crippen LogP contribution in [0, 0.1) is 5.92 Å².